The number of carboxylic acid groups (broad SMARTS) is 1. The van der Waals surface area contributed by atoms with E-state index in [9.17, 15) is 9.59 Å². The van der Waals surface area contributed by atoms with Gasteiger partial charge in [0.05, 0.1) is 0 Å². The first kappa shape index (κ1) is 15.9. The number of nitrogens with two attached hydrogens (primary N) is 1. The summed E-state index contributed by atoms with van der Waals surface area (Å²) in [5.74, 6) is 0.313. The van der Waals surface area contributed by atoms with Gasteiger partial charge >= 0.3 is 6.09 Å². The van der Waals surface area contributed by atoms with E-state index in [1.165, 1.54) is 0 Å². The number of hydrogen-bond acceptors (Lipinski definition) is 3. The summed E-state index contributed by atoms with van der Waals surface area (Å²) in [7, 11) is 0. The molecule has 0 saturated heterocycles. The van der Waals surface area contributed by atoms with E-state index >= 15 is 0 Å². The number of ketones is 1. The van der Waals surface area contributed by atoms with Gasteiger partial charge in [-0.15, -0.1) is 0 Å². The average molecular weight is 244 g/mol. The third-order valence-electron chi connectivity index (χ3n) is 2.57. The van der Waals surface area contributed by atoms with Crippen LogP contribution in [-0.4, -0.2) is 30.1 Å². The molecule has 0 aromatic carbocycles. The molecule has 0 rings (SSSR count). The minimum absolute atomic E-state index is 0.313. The number of rotatable bonds is 11. The number of hydrogen-bond donors (Lipinski definition) is 3. The molecule has 100 valence electrons. The maximum atomic E-state index is 11.4. The summed E-state index contributed by atoms with van der Waals surface area (Å²) in [4.78, 5) is 21.5. The maximum absolute atomic E-state index is 11.4. The van der Waals surface area contributed by atoms with Crippen LogP contribution < -0.4 is 11.1 Å². The van der Waals surface area contributed by atoms with Crippen molar-refractivity contribution < 1.29 is 14.7 Å². The van der Waals surface area contributed by atoms with Crippen LogP contribution in [0.5, 0.6) is 0 Å². The van der Waals surface area contributed by atoms with Crippen LogP contribution in [0.1, 0.15) is 51.4 Å². The van der Waals surface area contributed by atoms with E-state index in [-0.39, 0.29) is 0 Å². The molecule has 5 nitrogen and oxygen atoms in total. The molecular formula is C12H24N2O3. The Morgan fingerprint density at radius 3 is 2.06 bits per heavy atom. The summed E-state index contributed by atoms with van der Waals surface area (Å²) in [6, 6.07) is 0. The zero-order valence-electron chi connectivity index (χ0n) is 10.4. The van der Waals surface area contributed by atoms with E-state index < -0.39 is 6.09 Å². The van der Waals surface area contributed by atoms with Crippen LogP contribution in [0.3, 0.4) is 0 Å². The van der Waals surface area contributed by atoms with Gasteiger partial charge in [-0.3, -0.25) is 4.79 Å². The highest BCUT2D eigenvalue weighted by molar-refractivity contribution is 5.78. The highest BCUT2D eigenvalue weighted by atomic mass is 16.4. The van der Waals surface area contributed by atoms with Gasteiger partial charge in [-0.1, -0.05) is 12.8 Å². The fourth-order valence-electron chi connectivity index (χ4n) is 1.59. The third-order valence-corrected chi connectivity index (χ3v) is 2.57. The molecular weight excluding hydrogens is 220 g/mol. The van der Waals surface area contributed by atoms with E-state index in [0.717, 1.165) is 38.5 Å². The fourth-order valence-corrected chi connectivity index (χ4v) is 1.59. The van der Waals surface area contributed by atoms with E-state index in [4.69, 9.17) is 10.8 Å². The van der Waals surface area contributed by atoms with Crippen molar-refractivity contribution in [2.24, 2.45) is 5.73 Å². The second-order valence-electron chi connectivity index (χ2n) is 4.18. The lowest BCUT2D eigenvalue weighted by atomic mass is 10.1. The van der Waals surface area contributed by atoms with Gasteiger partial charge in [0.15, 0.2) is 0 Å². The molecule has 0 aliphatic rings. The number of amides is 1. The summed E-state index contributed by atoms with van der Waals surface area (Å²) < 4.78 is 0. The topological polar surface area (TPSA) is 92.4 Å². The Balaban J connectivity index is 3.19. The lowest BCUT2D eigenvalue weighted by Gasteiger charge is -2.02. The second-order valence-corrected chi connectivity index (χ2v) is 4.18. The Bertz CT molecular complexity index is 220. The van der Waals surface area contributed by atoms with Crippen LogP contribution in [-0.2, 0) is 4.79 Å². The Morgan fingerprint density at radius 1 is 0.941 bits per heavy atom. The third kappa shape index (κ3) is 12.8. The van der Waals surface area contributed by atoms with Gasteiger partial charge in [0, 0.05) is 19.4 Å². The molecule has 5 heteroatoms. The summed E-state index contributed by atoms with van der Waals surface area (Å²) in [6.07, 6.45) is 5.82. The Morgan fingerprint density at radius 2 is 1.53 bits per heavy atom. The molecule has 0 bridgehead atoms. The lowest BCUT2D eigenvalue weighted by molar-refractivity contribution is -0.119. The van der Waals surface area contributed by atoms with Gasteiger partial charge in [-0.05, 0) is 32.2 Å². The van der Waals surface area contributed by atoms with Gasteiger partial charge in [0.2, 0.25) is 0 Å². The van der Waals surface area contributed by atoms with Crippen LogP contribution in [0.25, 0.3) is 0 Å². The van der Waals surface area contributed by atoms with Crippen LogP contribution in [0.15, 0.2) is 0 Å². The second kappa shape index (κ2) is 11.4. The molecule has 0 spiro atoms. The molecule has 0 fully saturated rings. The largest absolute Gasteiger partial charge is 0.465 e. The number of unbranched alkanes of at least 4 members (excludes halogenated alkanes) is 4. The van der Waals surface area contributed by atoms with Gasteiger partial charge < -0.3 is 16.2 Å². The number of carbonyl (C=O) groups is 2. The Labute approximate surface area is 103 Å². The predicted octanol–water partition coefficient (Wildman–Crippen LogP) is 1.90. The monoisotopic (exact) mass is 244 g/mol. The van der Waals surface area contributed by atoms with Crippen molar-refractivity contribution in [2.45, 2.75) is 51.4 Å². The quantitative estimate of drug-likeness (QED) is 0.484. The standard InChI is InChI=1S/C12H24N2O3/c13-9-5-1-3-7-11(15)8-4-2-6-10-14-12(16)17/h14H,1-10,13H2,(H,16,17). The molecule has 17 heavy (non-hydrogen) atoms. The van der Waals surface area contributed by atoms with Crippen molar-refractivity contribution in [3.63, 3.8) is 0 Å². The van der Waals surface area contributed by atoms with Crippen LogP contribution in [0.2, 0.25) is 0 Å². The van der Waals surface area contributed by atoms with Crippen LogP contribution in [0.4, 0.5) is 4.79 Å². The molecule has 0 aliphatic carbocycles. The first-order valence-electron chi connectivity index (χ1n) is 6.35. The van der Waals surface area contributed by atoms with E-state index in [0.29, 0.717) is 31.7 Å². The molecule has 0 aromatic heterocycles. The van der Waals surface area contributed by atoms with Crippen LogP contribution in [0, 0.1) is 0 Å². The van der Waals surface area contributed by atoms with Crippen molar-refractivity contribution in [3.8, 4) is 0 Å². The van der Waals surface area contributed by atoms with Gasteiger partial charge in [0.1, 0.15) is 5.78 Å². The summed E-state index contributed by atoms with van der Waals surface area (Å²) in [5, 5.41) is 10.6. The molecule has 0 aromatic rings. The Kier molecular flexibility index (Phi) is 10.7. The van der Waals surface area contributed by atoms with Crippen molar-refractivity contribution in [3.05, 3.63) is 0 Å². The van der Waals surface area contributed by atoms with Crippen molar-refractivity contribution >= 4 is 11.9 Å². The van der Waals surface area contributed by atoms with Crippen molar-refractivity contribution in [1.29, 1.82) is 0 Å². The van der Waals surface area contributed by atoms with Gasteiger partial charge in [-0.2, -0.15) is 0 Å². The lowest BCUT2D eigenvalue weighted by Crippen LogP contribution is -2.21. The molecule has 0 heterocycles. The number of carbonyl (C=O) groups excluding carboxylic acids is 1. The summed E-state index contributed by atoms with van der Waals surface area (Å²) >= 11 is 0. The summed E-state index contributed by atoms with van der Waals surface area (Å²) in [6.45, 7) is 1.17. The molecule has 0 atom stereocenters. The minimum Gasteiger partial charge on any atom is -0.465 e. The molecule has 0 saturated carbocycles. The SMILES string of the molecule is NCCCCCC(=O)CCCCCNC(=O)O. The molecule has 1 amide bonds. The van der Waals surface area contributed by atoms with Gasteiger partial charge in [-0.25, -0.2) is 4.79 Å². The van der Waals surface area contributed by atoms with Crippen molar-refractivity contribution in [2.75, 3.05) is 13.1 Å². The highest BCUT2D eigenvalue weighted by Crippen LogP contribution is 2.06. The number of nitrogens with one attached hydrogen (secondary N) is 1. The molecule has 0 unspecified atom stereocenters. The average Bonchev–Trinajstić information content (AvgIpc) is 2.29. The zero-order chi connectivity index (χ0) is 12.9. The minimum atomic E-state index is -0.985. The molecule has 4 N–H and O–H groups in total. The first-order chi connectivity index (χ1) is 8.16. The normalized spacial score (nSPS) is 10.2. The highest BCUT2D eigenvalue weighted by Gasteiger charge is 2.01. The van der Waals surface area contributed by atoms with E-state index in [1.54, 1.807) is 0 Å². The smallest absolute Gasteiger partial charge is 0.404 e. The molecule has 0 aliphatic heterocycles. The van der Waals surface area contributed by atoms with E-state index in [1.807, 2.05) is 0 Å². The van der Waals surface area contributed by atoms with Crippen LogP contribution >= 0.6 is 0 Å². The Hall–Kier alpha value is -1.10. The van der Waals surface area contributed by atoms with E-state index in [2.05, 4.69) is 5.32 Å². The van der Waals surface area contributed by atoms with Crippen molar-refractivity contribution in [1.82, 2.24) is 5.32 Å². The molecule has 0 radical (unpaired) electrons. The first-order valence-corrected chi connectivity index (χ1v) is 6.35. The predicted molar refractivity (Wildman–Crippen MR) is 67.0 cm³/mol. The zero-order valence-corrected chi connectivity index (χ0v) is 10.4. The maximum Gasteiger partial charge on any atom is 0.404 e. The summed E-state index contributed by atoms with van der Waals surface area (Å²) in [5.41, 5.74) is 5.36. The number of Topliss-reactive ketones (excluding diaryl/α,β-unsaturated/α-hetero) is 1. The van der Waals surface area contributed by atoms with Gasteiger partial charge in [0.25, 0.3) is 0 Å². The fraction of sp³-hybridized carbons (Fsp3) is 0.833.